The first-order valence-corrected chi connectivity index (χ1v) is 3.89. The van der Waals surface area contributed by atoms with Crippen molar-refractivity contribution in [2.24, 2.45) is 0 Å². The van der Waals surface area contributed by atoms with E-state index in [1.54, 1.807) is 6.07 Å². The predicted molar refractivity (Wildman–Crippen MR) is 43.3 cm³/mol. The van der Waals surface area contributed by atoms with Crippen LogP contribution in [0.4, 0.5) is 4.39 Å². The lowest BCUT2D eigenvalue weighted by molar-refractivity contribution is 0.627. The van der Waals surface area contributed by atoms with Crippen molar-refractivity contribution >= 4 is 22.6 Å². The summed E-state index contributed by atoms with van der Waals surface area (Å²) in [5, 5.41) is 7.52. The molecule has 0 spiro atoms. The highest BCUT2D eigenvalue weighted by Gasteiger charge is 2.03. The number of hydrogen-bond acceptors (Lipinski definition) is 2. The summed E-state index contributed by atoms with van der Waals surface area (Å²) in [4.78, 5) is 0. The van der Waals surface area contributed by atoms with Crippen LogP contribution in [0.25, 0.3) is 11.0 Å². The molecule has 3 nitrogen and oxygen atoms in total. The average molecular weight is 186 g/mol. The number of nitrogens with zero attached hydrogens (tertiary/aromatic N) is 3. The molecule has 0 unspecified atom stereocenters. The number of benzene rings is 1. The third-order valence-corrected chi connectivity index (χ3v) is 1.82. The average Bonchev–Trinajstić information content (AvgIpc) is 2.46. The lowest BCUT2D eigenvalue weighted by atomic mass is 10.3. The molecule has 2 aromatic rings. The Morgan fingerprint density at radius 2 is 2.33 bits per heavy atom. The van der Waals surface area contributed by atoms with Gasteiger partial charge < -0.3 is 0 Å². The highest BCUT2D eigenvalue weighted by atomic mass is 35.5. The fourth-order valence-electron chi connectivity index (χ4n) is 1.03. The van der Waals surface area contributed by atoms with Gasteiger partial charge in [-0.3, -0.25) is 0 Å². The van der Waals surface area contributed by atoms with E-state index in [-0.39, 0.29) is 11.8 Å². The summed E-state index contributed by atoms with van der Waals surface area (Å²) in [6, 6.07) is 4.45. The largest absolute Gasteiger partial charge is 0.230 e. The number of rotatable bonds is 1. The van der Waals surface area contributed by atoms with Crippen LogP contribution < -0.4 is 0 Å². The molecule has 0 aliphatic heterocycles. The molecule has 0 aliphatic carbocycles. The van der Waals surface area contributed by atoms with Crippen molar-refractivity contribution in [3.8, 4) is 0 Å². The summed E-state index contributed by atoms with van der Waals surface area (Å²) < 4.78 is 14.1. The Bertz CT molecular complexity index is 412. The van der Waals surface area contributed by atoms with E-state index in [2.05, 4.69) is 10.3 Å². The molecule has 1 heterocycles. The summed E-state index contributed by atoms with van der Waals surface area (Å²) in [5.41, 5.74) is 1.27. The van der Waals surface area contributed by atoms with Gasteiger partial charge in [0.1, 0.15) is 17.3 Å². The molecule has 12 heavy (non-hydrogen) atoms. The molecule has 0 N–H and O–H groups in total. The lowest BCUT2D eigenvalue weighted by Crippen LogP contribution is -1.93. The SMILES string of the molecule is Fc1ccc2nnn(CCl)c2c1. The lowest BCUT2D eigenvalue weighted by Gasteiger charge is -1.93. The molecule has 0 saturated carbocycles. The molecule has 0 amide bonds. The van der Waals surface area contributed by atoms with E-state index < -0.39 is 0 Å². The standard InChI is InChI=1S/C7H5ClFN3/c8-4-12-7-3-5(9)1-2-6(7)10-11-12/h1-3H,4H2. The normalized spacial score (nSPS) is 10.8. The molecule has 2 rings (SSSR count). The van der Waals surface area contributed by atoms with E-state index in [1.807, 2.05) is 0 Å². The summed E-state index contributed by atoms with van der Waals surface area (Å²) in [7, 11) is 0. The van der Waals surface area contributed by atoms with Crippen LogP contribution in [0.1, 0.15) is 0 Å². The molecule has 0 radical (unpaired) electrons. The van der Waals surface area contributed by atoms with Crippen LogP contribution in [-0.4, -0.2) is 15.0 Å². The molecule has 62 valence electrons. The zero-order valence-electron chi connectivity index (χ0n) is 6.04. The minimum Gasteiger partial charge on any atom is -0.230 e. The van der Waals surface area contributed by atoms with Gasteiger partial charge in [-0.15, -0.1) is 16.7 Å². The van der Waals surface area contributed by atoms with Gasteiger partial charge in [-0.25, -0.2) is 9.07 Å². The van der Waals surface area contributed by atoms with Crippen LogP contribution in [0.3, 0.4) is 0 Å². The Balaban J connectivity index is 2.75. The van der Waals surface area contributed by atoms with E-state index >= 15 is 0 Å². The zero-order valence-corrected chi connectivity index (χ0v) is 6.79. The molecule has 0 fully saturated rings. The van der Waals surface area contributed by atoms with Crippen molar-refractivity contribution in [1.29, 1.82) is 0 Å². The topological polar surface area (TPSA) is 30.7 Å². The minimum absolute atomic E-state index is 0.181. The highest BCUT2D eigenvalue weighted by molar-refractivity contribution is 6.15. The van der Waals surface area contributed by atoms with Crippen LogP contribution in [-0.2, 0) is 6.00 Å². The fourth-order valence-corrected chi connectivity index (χ4v) is 1.20. The van der Waals surface area contributed by atoms with Gasteiger partial charge in [0.15, 0.2) is 0 Å². The first-order chi connectivity index (χ1) is 5.81. The van der Waals surface area contributed by atoms with Crippen molar-refractivity contribution in [3.63, 3.8) is 0 Å². The van der Waals surface area contributed by atoms with Gasteiger partial charge in [-0.05, 0) is 12.1 Å². The van der Waals surface area contributed by atoms with Crippen molar-refractivity contribution in [1.82, 2.24) is 15.0 Å². The maximum Gasteiger partial charge on any atom is 0.125 e. The first kappa shape index (κ1) is 7.49. The molecular weight excluding hydrogens is 181 g/mol. The summed E-state index contributed by atoms with van der Waals surface area (Å²) >= 11 is 5.54. The monoisotopic (exact) mass is 185 g/mol. The van der Waals surface area contributed by atoms with Gasteiger partial charge in [0.05, 0.1) is 5.52 Å². The van der Waals surface area contributed by atoms with Gasteiger partial charge in [-0.1, -0.05) is 5.21 Å². The predicted octanol–water partition coefficient (Wildman–Crippen LogP) is 1.77. The van der Waals surface area contributed by atoms with Crippen molar-refractivity contribution in [2.75, 3.05) is 0 Å². The van der Waals surface area contributed by atoms with E-state index in [9.17, 15) is 4.39 Å². The van der Waals surface area contributed by atoms with Crippen molar-refractivity contribution in [2.45, 2.75) is 6.00 Å². The van der Waals surface area contributed by atoms with Crippen LogP contribution in [0.15, 0.2) is 18.2 Å². The third kappa shape index (κ3) is 1.04. The van der Waals surface area contributed by atoms with E-state index in [0.717, 1.165) is 0 Å². The number of hydrogen-bond donors (Lipinski definition) is 0. The number of aromatic nitrogens is 3. The van der Waals surface area contributed by atoms with Gasteiger partial charge in [0.25, 0.3) is 0 Å². The molecule has 0 saturated heterocycles. The Labute approximate surface area is 72.7 Å². The number of alkyl halides is 1. The number of halogens is 2. The fraction of sp³-hybridized carbons (Fsp3) is 0.143. The molecule has 1 aromatic carbocycles. The Kier molecular flexibility index (Phi) is 1.69. The first-order valence-electron chi connectivity index (χ1n) is 3.36. The maximum absolute atomic E-state index is 12.7. The Morgan fingerprint density at radius 1 is 1.50 bits per heavy atom. The smallest absolute Gasteiger partial charge is 0.125 e. The van der Waals surface area contributed by atoms with Crippen LogP contribution in [0.5, 0.6) is 0 Å². The second kappa shape index (κ2) is 2.71. The molecule has 0 atom stereocenters. The molecular formula is C7H5ClFN3. The van der Waals surface area contributed by atoms with Crippen molar-refractivity contribution < 1.29 is 4.39 Å². The van der Waals surface area contributed by atoms with Crippen LogP contribution in [0.2, 0.25) is 0 Å². The van der Waals surface area contributed by atoms with Crippen LogP contribution in [0, 0.1) is 5.82 Å². The molecule has 1 aromatic heterocycles. The van der Waals surface area contributed by atoms with E-state index in [0.29, 0.717) is 11.0 Å². The molecule has 5 heteroatoms. The van der Waals surface area contributed by atoms with Crippen molar-refractivity contribution in [3.05, 3.63) is 24.0 Å². The van der Waals surface area contributed by atoms with Gasteiger partial charge in [0.2, 0.25) is 0 Å². The van der Waals surface area contributed by atoms with E-state index in [1.165, 1.54) is 16.8 Å². The van der Waals surface area contributed by atoms with Crippen LogP contribution >= 0.6 is 11.6 Å². The Morgan fingerprint density at radius 3 is 3.08 bits per heavy atom. The Hall–Kier alpha value is -1.16. The van der Waals surface area contributed by atoms with E-state index in [4.69, 9.17) is 11.6 Å². The van der Waals surface area contributed by atoms with Gasteiger partial charge in [-0.2, -0.15) is 0 Å². The number of fused-ring (bicyclic) bond motifs is 1. The van der Waals surface area contributed by atoms with Gasteiger partial charge in [0, 0.05) is 6.07 Å². The second-order valence-electron chi connectivity index (χ2n) is 2.34. The zero-order chi connectivity index (χ0) is 8.55. The molecule has 0 aliphatic rings. The minimum atomic E-state index is -0.309. The highest BCUT2D eigenvalue weighted by Crippen LogP contribution is 2.12. The summed E-state index contributed by atoms with van der Waals surface area (Å²) in [6.07, 6.45) is 0. The summed E-state index contributed by atoms with van der Waals surface area (Å²) in [6.45, 7) is 0. The molecule has 0 bridgehead atoms. The van der Waals surface area contributed by atoms with Gasteiger partial charge >= 0.3 is 0 Å². The quantitative estimate of drug-likeness (QED) is 0.634. The summed E-state index contributed by atoms with van der Waals surface area (Å²) in [5.74, 6) is -0.309. The second-order valence-corrected chi connectivity index (χ2v) is 2.58. The maximum atomic E-state index is 12.7. The third-order valence-electron chi connectivity index (χ3n) is 1.59.